The number of likely N-dealkylation sites (tertiary alicyclic amines) is 1. The number of amides is 2. The number of piperidine rings is 1. The molecule has 0 saturated carbocycles. The number of hydrogen-bond acceptors (Lipinski definition) is 5. The molecule has 0 bridgehead atoms. The van der Waals surface area contributed by atoms with Crippen molar-refractivity contribution < 1.29 is 18.0 Å². The Kier molecular flexibility index (Phi) is 9.66. The van der Waals surface area contributed by atoms with Crippen LogP contribution in [0, 0.1) is 5.92 Å². The highest BCUT2D eigenvalue weighted by Gasteiger charge is 2.27. The third-order valence-electron chi connectivity index (χ3n) is 5.90. The highest BCUT2D eigenvalue weighted by Crippen LogP contribution is 2.20. The van der Waals surface area contributed by atoms with Gasteiger partial charge in [-0.2, -0.15) is 4.31 Å². The van der Waals surface area contributed by atoms with E-state index in [2.05, 4.69) is 17.6 Å². The zero-order chi connectivity index (χ0) is 23.9. The number of benzene rings is 1. The number of nitrogens with one attached hydrogen (secondary N) is 2. The van der Waals surface area contributed by atoms with Crippen LogP contribution in [-0.2, 0) is 19.6 Å². The molecule has 0 aliphatic carbocycles. The molecule has 1 aromatic rings. The fraction of sp³-hybridized carbons (Fsp3) is 0.652. The van der Waals surface area contributed by atoms with Crippen molar-refractivity contribution in [3.63, 3.8) is 0 Å². The van der Waals surface area contributed by atoms with E-state index in [1.807, 2.05) is 25.7 Å². The number of carbonyl (C=O) groups excluding carboxylic acids is 2. The molecule has 2 rings (SSSR count). The summed E-state index contributed by atoms with van der Waals surface area (Å²) in [4.78, 5) is 27.2. The quantitative estimate of drug-likeness (QED) is 0.552. The van der Waals surface area contributed by atoms with E-state index in [9.17, 15) is 18.0 Å². The van der Waals surface area contributed by atoms with Gasteiger partial charge in [0.15, 0.2) is 0 Å². The summed E-state index contributed by atoms with van der Waals surface area (Å²) in [5.41, 5.74) is 0.542. The van der Waals surface area contributed by atoms with E-state index in [4.69, 9.17) is 0 Å². The number of sulfonamides is 1. The summed E-state index contributed by atoms with van der Waals surface area (Å²) < 4.78 is 26.4. The summed E-state index contributed by atoms with van der Waals surface area (Å²) in [6, 6.07) is 6.22. The third-order valence-corrected chi connectivity index (χ3v) is 7.94. The minimum Gasteiger partial charge on any atom is -0.353 e. The van der Waals surface area contributed by atoms with Gasteiger partial charge in [0.1, 0.15) is 0 Å². The number of hydrogen-bond donors (Lipinski definition) is 2. The van der Waals surface area contributed by atoms with Crippen LogP contribution in [-0.4, -0.2) is 68.2 Å². The van der Waals surface area contributed by atoms with E-state index < -0.39 is 10.0 Å². The zero-order valence-corrected chi connectivity index (χ0v) is 20.7. The van der Waals surface area contributed by atoms with Crippen LogP contribution in [0.5, 0.6) is 0 Å². The van der Waals surface area contributed by atoms with E-state index in [1.54, 1.807) is 19.2 Å². The molecular weight excluding hydrogens is 428 g/mol. The molecule has 1 fully saturated rings. The van der Waals surface area contributed by atoms with Gasteiger partial charge in [-0.25, -0.2) is 8.42 Å². The maximum absolute atomic E-state index is 12.6. The van der Waals surface area contributed by atoms with Gasteiger partial charge in [0.2, 0.25) is 21.8 Å². The average Bonchev–Trinajstić information content (AvgIpc) is 2.73. The fourth-order valence-electron chi connectivity index (χ4n) is 3.84. The predicted octanol–water partition coefficient (Wildman–Crippen LogP) is 2.67. The first-order valence-electron chi connectivity index (χ1n) is 11.4. The maximum atomic E-state index is 12.6. The molecule has 9 heteroatoms. The van der Waals surface area contributed by atoms with Crippen molar-refractivity contribution in [3.8, 4) is 0 Å². The third kappa shape index (κ3) is 7.28. The Morgan fingerprint density at radius 3 is 2.44 bits per heavy atom. The average molecular weight is 467 g/mol. The smallest absolute Gasteiger partial charge is 0.243 e. The number of anilines is 1. The Bertz CT molecular complexity index is 870. The van der Waals surface area contributed by atoms with E-state index in [0.717, 1.165) is 32.2 Å². The molecular formula is C23H38N4O4S. The normalized spacial score (nSPS) is 18.5. The molecule has 1 aliphatic rings. The maximum Gasteiger partial charge on any atom is 0.243 e. The van der Waals surface area contributed by atoms with Crippen LogP contribution in [0.4, 0.5) is 5.69 Å². The molecule has 0 spiro atoms. The van der Waals surface area contributed by atoms with Crippen LogP contribution in [0.15, 0.2) is 29.2 Å². The number of rotatable bonds is 10. The monoisotopic (exact) mass is 466 g/mol. The molecule has 1 saturated heterocycles. The first-order valence-corrected chi connectivity index (χ1v) is 12.9. The molecule has 2 unspecified atom stereocenters. The molecule has 180 valence electrons. The summed E-state index contributed by atoms with van der Waals surface area (Å²) in [5, 5.41) is 5.90. The van der Waals surface area contributed by atoms with E-state index in [0.29, 0.717) is 12.2 Å². The van der Waals surface area contributed by atoms with Crippen LogP contribution >= 0.6 is 0 Å². The Hall–Kier alpha value is -1.97. The largest absolute Gasteiger partial charge is 0.353 e. The second-order valence-electron chi connectivity index (χ2n) is 8.96. The Balaban J connectivity index is 1.90. The van der Waals surface area contributed by atoms with Crippen molar-refractivity contribution in [2.75, 3.05) is 32.0 Å². The molecule has 2 atom stereocenters. The van der Waals surface area contributed by atoms with Gasteiger partial charge in [0, 0.05) is 31.4 Å². The Labute approximate surface area is 192 Å². The van der Waals surface area contributed by atoms with Crippen molar-refractivity contribution in [2.45, 2.75) is 70.4 Å². The van der Waals surface area contributed by atoms with E-state index in [1.165, 1.54) is 16.4 Å². The molecule has 0 aromatic heterocycles. The van der Waals surface area contributed by atoms with Gasteiger partial charge in [-0.05, 0) is 70.8 Å². The zero-order valence-electron chi connectivity index (χ0n) is 19.9. The Morgan fingerprint density at radius 1 is 1.19 bits per heavy atom. The number of carbonyl (C=O) groups is 2. The van der Waals surface area contributed by atoms with Crippen LogP contribution in [0.1, 0.15) is 53.4 Å². The minimum atomic E-state index is -3.56. The minimum absolute atomic E-state index is 0.0687. The first-order chi connectivity index (χ1) is 15.0. The van der Waals surface area contributed by atoms with Crippen molar-refractivity contribution in [3.05, 3.63) is 24.3 Å². The lowest BCUT2D eigenvalue weighted by Crippen LogP contribution is -2.47. The molecule has 1 heterocycles. The lowest BCUT2D eigenvalue weighted by atomic mass is 9.96. The van der Waals surface area contributed by atoms with Crippen molar-refractivity contribution >= 4 is 27.5 Å². The standard InChI is InChI=1S/C23H38N4O4S/c1-6-8-18(4)24-23(29)19-9-7-14-27(15-19)16-22(28)25-20-10-12-21(13-11-20)32(30,31)26(5)17(2)3/h10-13,17-19H,6-9,14-16H2,1-5H3,(H,24,29)(H,25,28). The SMILES string of the molecule is CCCC(C)NC(=O)C1CCCN(CC(=O)Nc2ccc(S(=O)(=O)N(C)C(C)C)cc2)C1. The lowest BCUT2D eigenvalue weighted by Gasteiger charge is -2.32. The molecule has 1 aliphatic heterocycles. The summed E-state index contributed by atoms with van der Waals surface area (Å²) in [6.45, 7) is 9.29. The van der Waals surface area contributed by atoms with Gasteiger partial charge in [0.05, 0.1) is 17.4 Å². The van der Waals surface area contributed by atoms with Gasteiger partial charge in [0.25, 0.3) is 0 Å². The van der Waals surface area contributed by atoms with Crippen molar-refractivity contribution in [1.29, 1.82) is 0 Å². The van der Waals surface area contributed by atoms with Crippen LogP contribution in [0.3, 0.4) is 0 Å². The van der Waals surface area contributed by atoms with Crippen LogP contribution in [0.2, 0.25) is 0 Å². The van der Waals surface area contributed by atoms with Gasteiger partial charge in [-0.1, -0.05) is 13.3 Å². The second-order valence-corrected chi connectivity index (χ2v) is 11.0. The number of nitrogens with zero attached hydrogens (tertiary/aromatic N) is 2. The van der Waals surface area contributed by atoms with Crippen LogP contribution < -0.4 is 10.6 Å². The van der Waals surface area contributed by atoms with Crippen molar-refractivity contribution in [2.24, 2.45) is 5.92 Å². The van der Waals surface area contributed by atoms with Gasteiger partial charge in [-0.15, -0.1) is 0 Å². The summed E-state index contributed by atoms with van der Waals surface area (Å²) in [6.07, 6.45) is 3.70. The van der Waals surface area contributed by atoms with Crippen molar-refractivity contribution in [1.82, 2.24) is 14.5 Å². The highest BCUT2D eigenvalue weighted by atomic mass is 32.2. The fourth-order valence-corrected chi connectivity index (χ4v) is 5.20. The molecule has 1 aromatic carbocycles. The van der Waals surface area contributed by atoms with Gasteiger partial charge in [-0.3, -0.25) is 14.5 Å². The van der Waals surface area contributed by atoms with E-state index in [-0.39, 0.29) is 41.3 Å². The highest BCUT2D eigenvalue weighted by molar-refractivity contribution is 7.89. The molecule has 2 N–H and O–H groups in total. The molecule has 8 nitrogen and oxygen atoms in total. The second kappa shape index (κ2) is 11.8. The Morgan fingerprint density at radius 2 is 1.84 bits per heavy atom. The lowest BCUT2D eigenvalue weighted by molar-refractivity contribution is -0.128. The molecule has 0 radical (unpaired) electrons. The molecule has 2 amide bonds. The predicted molar refractivity (Wildman–Crippen MR) is 127 cm³/mol. The van der Waals surface area contributed by atoms with Gasteiger partial charge >= 0.3 is 0 Å². The van der Waals surface area contributed by atoms with Gasteiger partial charge < -0.3 is 10.6 Å². The summed E-state index contributed by atoms with van der Waals surface area (Å²) >= 11 is 0. The van der Waals surface area contributed by atoms with E-state index >= 15 is 0 Å². The summed E-state index contributed by atoms with van der Waals surface area (Å²) in [5.74, 6) is -0.210. The first kappa shape index (κ1) is 26.3. The molecule has 32 heavy (non-hydrogen) atoms. The topological polar surface area (TPSA) is 98.8 Å². The summed E-state index contributed by atoms with van der Waals surface area (Å²) in [7, 11) is -2.01. The van der Waals surface area contributed by atoms with Crippen LogP contribution in [0.25, 0.3) is 0 Å².